The molecule has 6 nitrogen and oxygen atoms in total. The molecule has 1 aromatic rings. The predicted molar refractivity (Wildman–Crippen MR) is 56.2 cm³/mol. The van der Waals surface area contributed by atoms with Crippen molar-refractivity contribution >= 4 is 0 Å². The number of ether oxygens (including phenoxy) is 1. The average Bonchev–Trinajstić information content (AvgIpc) is 2.60. The lowest BCUT2D eigenvalue weighted by Gasteiger charge is -2.21. The Morgan fingerprint density at radius 2 is 2.20 bits per heavy atom. The molecule has 15 heavy (non-hydrogen) atoms. The third-order valence-corrected chi connectivity index (χ3v) is 2.23. The summed E-state index contributed by atoms with van der Waals surface area (Å²) in [6.45, 7) is 4.71. The van der Waals surface area contributed by atoms with Crippen LogP contribution in [0.5, 0.6) is 0 Å². The van der Waals surface area contributed by atoms with Gasteiger partial charge in [0.25, 0.3) is 0 Å². The molecule has 1 heterocycles. The van der Waals surface area contributed by atoms with Gasteiger partial charge < -0.3 is 10.5 Å². The summed E-state index contributed by atoms with van der Waals surface area (Å²) in [6.07, 6.45) is 1.57. The fourth-order valence-electron chi connectivity index (χ4n) is 1.51. The summed E-state index contributed by atoms with van der Waals surface area (Å²) in [7, 11) is 1.74. The van der Waals surface area contributed by atoms with Crippen molar-refractivity contribution in [1.29, 1.82) is 0 Å². The van der Waals surface area contributed by atoms with Gasteiger partial charge in [0.2, 0.25) is 0 Å². The third kappa shape index (κ3) is 3.56. The molecular formula is C9H19N5O. The summed E-state index contributed by atoms with van der Waals surface area (Å²) in [5.41, 5.74) is 6.01. The van der Waals surface area contributed by atoms with E-state index in [2.05, 4.69) is 22.3 Å². The third-order valence-electron chi connectivity index (χ3n) is 2.23. The number of tetrazole rings is 1. The standard InChI is InChI=1S/C9H19N5O/c1-4-8(15-5-2)7(10)6-9-11-13-14(3)12-9/h7-8H,4-6,10H2,1-3H3. The minimum atomic E-state index is -0.0702. The molecule has 0 saturated carbocycles. The van der Waals surface area contributed by atoms with Gasteiger partial charge in [-0.2, -0.15) is 4.80 Å². The van der Waals surface area contributed by atoms with Crippen molar-refractivity contribution in [2.45, 2.75) is 38.8 Å². The second-order valence-corrected chi connectivity index (χ2v) is 3.47. The first kappa shape index (κ1) is 12.1. The van der Waals surface area contributed by atoms with Crippen LogP contribution in [0.3, 0.4) is 0 Å². The van der Waals surface area contributed by atoms with Crippen LogP contribution in [0, 0.1) is 0 Å². The van der Waals surface area contributed by atoms with Gasteiger partial charge in [0.1, 0.15) is 0 Å². The van der Waals surface area contributed by atoms with E-state index in [0.717, 1.165) is 6.42 Å². The van der Waals surface area contributed by atoms with E-state index in [1.54, 1.807) is 7.05 Å². The van der Waals surface area contributed by atoms with Crippen LogP contribution < -0.4 is 5.73 Å². The molecule has 0 amide bonds. The van der Waals surface area contributed by atoms with Crippen molar-refractivity contribution in [2.75, 3.05) is 6.61 Å². The van der Waals surface area contributed by atoms with Gasteiger partial charge in [-0.25, -0.2) is 0 Å². The monoisotopic (exact) mass is 213 g/mol. The fourth-order valence-corrected chi connectivity index (χ4v) is 1.51. The highest BCUT2D eigenvalue weighted by Crippen LogP contribution is 2.06. The molecule has 0 aromatic carbocycles. The molecule has 2 N–H and O–H groups in total. The van der Waals surface area contributed by atoms with Crippen molar-refractivity contribution < 1.29 is 4.74 Å². The number of rotatable bonds is 6. The van der Waals surface area contributed by atoms with E-state index >= 15 is 0 Å². The zero-order valence-electron chi connectivity index (χ0n) is 9.55. The Kier molecular flexibility index (Phi) is 4.64. The summed E-state index contributed by atoms with van der Waals surface area (Å²) in [6, 6.07) is -0.0702. The maximum atomic E-state index is 6.01. The van der Waals surface area contributed by atoms with Gasteiger partial charge in [0.15, 0.2) is 5.82 Å². The Balaban J connectivity index is 2.49. The maximum Gasteiger partial charge on any atom is 0.176 e. The molecule has 0 radical (unpaired) electrons. The van der Waals surface area contributed by atoms with E-state index in [1.165, 1.54) is 4.80 Å². The first-order valence-electron chi connectivity index (χ1n) is 5.27. The maximum absolute atomic E-state index is 6.01. The van der Waals surface area contributed by atoms with Crippen LogP contribution >= 0.6 is 0 Å². The molecule has 1 aromatic heterocycles. The zero-order valence-corrected chi connectivity index (χ0v) is 9.55. The van der Waals surface area contributed by atoms with Crippen LogP contribution in [0.1, 0.15) is 26.1 Å². The van der Waals surface area contributed by atoms with E-state index in [1.807, 2.05) is 6.92 Å². The SMILES string of the molecule is CCOC(CC)C(N)Cc1nnn(C)n1. The van der Waals surface area contributed by atoms with E-state index in [9.17, 15) is 0 Å². The molecule has 1 rings (SSSR count). The first-order chi connectivity index (χ1) is 7.17. The number of nitrogens with zero attached hydrogens (tertiary/aromatic N) is 4. The van der Waals surface area contributed by atoms with Gasteiger partial charge in [0, 0.05) is 19.1 Å². The molecule has 6 heteroatoms. The Labute approximate surface area is 89.8 Å². The molecule has 0 fully saturated rings. The average molecular weight is 213 g/mol. The van der Waals surface area contributed by atoms with Crippen LogP contribution in [0.4, 0.5) is 0 Å². The Morgan fingerprint density at radius 3 is 2.67 bits per heavy atom. The summed E-state index contributed by atoms with van der Waals surface area (Å²) >= 11 is 0. The summed E-state index contributed by atoms with van der Waals surface area (Å²) in [4.78, 5) is 1.43. The molecule has 0 bridgehead atoms. The predicted octanol–water partition coefficient (Wildman–Crippen LogP) is -0.105. The van der Waals surface area contributed by atoms with Crippen molar-refractivity contribution in [3.05, 3.63) is 5.82 Å². The highest BCUT2D eigenvalue weighted by atomic mass is 16.5. The first-order valence-corrected chi connectivity index (χ1v) is 5.27. The van der Waals surface area contributed by atoms with Crippen molar-refractivity contribution in [1.82, 2.24) is 20.2 Å². The molecule has 0 saturated heterocycles. The number of aromatic nitrogens is 4. The zero-order chi connectivity index (χ0) is 11.3. The molecule has 86 valence electrons. The molecule has 0 aliphatic rings. The van der Waals surface area contributed by atoms with Gasteiger partial charge in [-0.3, -0.25) is 0 Å². The fraction of sp³-hybridized carbons (Fsp3) is 0.889. The van der Waals surface area contributed by atoms with Crippen LogP contribution in [0.2, 0.25) is 0 Å². The molecule has 2 unspecified atom stereocenters. The van der Waals surface area contributed by atoms with Gasteiger partial charge in [-0.15, -0.1) is 10.2 Å². The smallest absolute Gasteiger partial charge is 0.176 e. The molecule has 0 aliphatic heterocycles. The molecule has 0 aliphatic carbocycles. The van der Waals surface area contributed by atoms with Crippen LogP contribution in [-0.4, -0.2) is 39.0 Å². The lowest BCUT2D eigenvalue weighted by atomic mass is 10.1. The van der Waals surface area contributed by atoms with Gasteiger partial charge in [-0.05, 0) is 18.6 Å². The minimum Gasteiger partial charge on any atom is -0.377 e. The van der Waals surface area contributed by atoms with Gasteiger partial charge in [0.05, 0.1) is 13.2 Å². The van der Waals surface area contributed by atoms with Crippen LogP contribution in [0.25, 0.3) is 0 Å². The van der Waals surface area contributed by atoms with Crippen LogP contribution in [0.15, 0.2) is 0 Å². The number of hydrogen-bond donors (Lipinski definition) is 1. The lowest BCUT2D eigenvalue weighted by Crippen LogP contribution is -2.38. The van der Waals surface area contributed by atoms with E-state index in [4.69, 9.17) is 10.5 Å². The second-order valence-electron chi connectivity index (χ2n) is 3.47. The number of nitrogens with two attached hydrogens (primary N) is 1. The summed E-state index contributed by atoms with van der Waals surface area (Å²) in [5.74, 6) is 0.670. The molecule has 0 spiro atoms. The molecular weight excluding hydrogens is 194 g/mol. The highest BCUT2D eigenvalue weighted by molar-refractivity contribution is 4.86. The lowest BCUT2D eigenvalue weighted by molar-refractivity contribution is 0.0413. The van der Waals surface area contributed by atoms with Crippen molar-refractivity contribution in [3.8, 4) is 0 Å². The molecule has 2 atom stereocenters. The number of aryl methyl sites for hydroxylation is 1. The Morgan fingerprint density at radius 1 is 1.47 bits per heavy atom. The van der Waals surface area contributed by atoms with Crippen LogP contribution in [-0.2, 0) is 18.2 Å². The summed E-state index contributed by atoms with van der Waals surface area (Å²) in [5, 5.41) is 11.7. The summed E-state index contributed by atoms with van der Waals surface area (Å²) < 4.78 is 5.52. The van der Waals surface area contributed by atoms with Gasteiger partial charge in [-0.1, -0.05) is 6.92 Å². The second kappa shape index (κ2) is 5.77. The largest absolute Gasteiger partial charge is 0.377 e. The number of hydrogen-bond acceptors (Lipinski definition) is 5. The van der Waals surface area contributed by atoms with E-state index in [0.29, 0.717) is 18.9 Å². The van der Waals surface area contributed by atoms with Gasteiger partial charge >= 0.3 is 0 Å². The topological polar surface area (TPSA) is 78.9 Å². The van der Waals surface area contributed by atoms with E-state index in [-0.39, 0.29) is 12.1 Å². The quantitative estimate of drug-likeness (QED) is 0.713. The van der Waals surface area contributed by atoms with Crippen molar-refractivity contribution in [2.24, 2.45) is 12.8 Å². The van der Waals surface area contributed by atoms with E-state index < -0.39 is 0 Å². The minimum absolute atomic E-state index is 0.0683. The Hall–Kier alpha value is -1.01. The van der Waals surface area contributed by atoms with Crippen molar-refractivity contribution in [3.63, 3.8) is 0 Å². The normalized spacial score (nSPS) is 15.2. The highest BCUT2D eigenvalue weighted by Gasteiger charge is 2.18. The Bertz CT molecular complexity index is 288.